The molecule has 3 heterocycles. The first kappa shape index (κ1) is 21.9. The number of carbonyl (C=O) groups is 1. The smallest absolute Gasteiger partial charge is 0.274 e. The minimum absolute atomic E-state index is 0.201. The summed E-state index contributed by atoms with van der Waals surface area (Å²) >= 11 is 0. The number of fused-ring (bicyclic) bond motifs is 1. The molecule has 2 saturated heterocycles. The normalized spacial score (nSPS) is 22.8. The lowest BCUT2D eigenvalue weighted by atomic mass is 9.83. The molecule has 5 nitrogen and oxygen atoms in total. The van der Waals surface area contributed by atoms with Crippen LogP contribution in [-0.2, 0) is 19.4 Å². The molecule has 1 aliphatic carbocycles. The number of aryl methyl sites for hydroxylation is 1. The number of amides is 1. The van der Waals surface area contributed by atoms with Gasteiger partial charge in [-0.1, -0.05) is 26.2 Å². The van der Waals surface area contributed by atoms with E-state index in [1.165, 1.54) is 82.3 Å². The van der Waals surface area contributed by atoms with Gasteiger partial charge in [-0.3, -0.25) is 9.48 Å². The molecule has 0 spiro atoms. The van der Waals surface area contributed by atoms with Gasteiger partial charge in [-0.2, -0.15) is 5.10 Å². The SMILES string of the molecule is CCCn1nc(C(=O)N2CCCCC2)c2c1CCC(CCCCN1CCCCC1)C2. The summed E-state index contributed by atoms with van der Waals surface area (Å²) in [5.74, 6) is 0.928. The molecule has 0 N–H and O–H groups in total. The van der Waals surface area contributed by atoms with Gasteiger partial charge in [-0.15, -0.1) is 0 Å². The molecule has 1 unspecified atom stereocenters. The lowest BCUT2D eigenvalue weighted by Gasteiger charge is -2.28. The van der Waals surface area contributed by atoms with Crippen LogP contribution in [0.15, 0.2) is 0 Å². The second-order valence-electron chi connectivity index (χ2n) is 9.86. The van der Waals surface area contributed by atoms with Crippen LogP contribution in [-0.4, -0.2) is 58.2 Å². The summed E-state index contributed by atoms with van der Waals surface area (Å²) in [7, 11) is 0. The van der Waals surface area contributed by atoms with Gasteiger partial charge in [0.1, 0.15) is 0 Å². The molecular formula is C25H42N4O. The monoisotopic (exact) mass is 414 g/mol. The third kappa shape index (κ3) is 5.27. The number of hydrogen-bond acceptors (Lipinski definition) is 3. The van der Waals surface area contributed by atoms with E-state index in [2.05, 4.69) is 21.4 Å². The van der Waals surface area contributed by atoms with Gasteiger partial charge in [0, 0.05) is 30.9 Å². The third-order valence-corrected chi connectivity index (χ3v) is 7.52. The van der Waals surface area contributed by atoms with Crippen molar-refractivity contribution in [2.45, 2.75) is 96.9 Å². The Morgan fingerprint density at radius 1 is 0.967 bits per heavy atom. The Morgan fingerprint density at radius 2 is 1.70 bits per heavy atom. The zero-order valence-electron chi connectivity index (χ0n) is 19.2. The van der Waals surface area contributed by atoms with Crippen LogP contribution in [0.5, 0.6) is 0 Å². The number of carbonyl (C=O) groups excluding carboxylic acids is 1. The van der Waals surface area contributed by atoms with Crippen LogP contribution in [0.1, 0.15) is 99.3 Å². The van der Waals surface area contributed by atoms with Crippen molar-refractivity contribution in [3.63, 3.8) is 0 Å². The first-order valence-corrected chi connectivity index (χ1v) is 12.9. The fourth-order valence-corrected chi connectivity index (χ4v) is 5.77. The lowest BCUT2D eigenvalue weighted by molar-refractivity contribution is 0.0716. The summed E-state index contributed by atoms with van der Waals surface area (Å²) < 4.78 is 2.17. The lowest BCUT2D eigenvalue weighted by Crippen LogP contribution is -2.36. The fourth-order valence-electron chi connectivity index (χ4n) is 5.77. The van der Waals surface area contributed by atoms with Crippen LogP contribution in [0.3, 0.4) is 0 Å². The van der Waals surface area contributed by atoms with Crippen molar-refractivity contribution in [2.24, 2.45) is 5.92 Å². The summed E-state index contributed by atoms with van der Waals surface area (Å²) in [6.45, 7) is 8.87. The van der Waals surface area contributed by atoms with Crippen LogP contribution >= 0.6 is 0 Å². The number of unbranched alkanes of at least 4 members (excludes halogenated alkanes) is 1. The van der Waals surface area contributed by atoms with Crippen molar-refractivity contribution in [1.29, 1.82) is 0 Å². The van der Waals surface area contributed by atoms with Crippen molar-refractivity contribution in [3.05, 3.63) is 17.0 Å². The molecule has 30 heavy (non-hydrogen) atoms. The van der Waals surface area contributed by atoms with Crippen LogP contribution < -0.4 is 0 Å². The molecule has 168 valence electrons. The number of nitrogens with zero attached hydrogens (tertiary/aromatic N) is 4. The van der Waals surface area contributed by atoms with Gasteiger partial charge in [0.2, 0.25) is 0 Å². The molecule has 0 bridgehead atoms. The van der Waals surface area contributed by atoms with E-state index in [-0.39, 0.29) is 5.91 Å². The van der Waals surface area contributed by atoms with E-state index in [1.54, 1.807) is 0 Å². The first-order chi connectivity index (χ1) is 14.8. The van der Waals surface area contributed by atoms with Crippen molar-refractivity contribution >= 4 is 5.91 Å². The highest BCUT2D eigenvalue weighted by molar-refractivity contribution is 5.94. The number of likely N-dealkylation sites (tertiary alicyclic amines) is 2. The van der Waals surface area contributed by atoms with Crippen LogP contribution in [0.2, 0.25) is 0 Å². The Morgan fingerprint density at radius 3 is 2.43 bits per heavy atom. The van der Waals surface area contributed by atoms with E-state index >= 15 is 0 Å². The third-order valence-electron chi connectivity index (χ3n) is 7.52. The van der Waals surface area contributed by atoms with E-state index in [4.69, 9.17) is 5.10 Å². The van der Waals surface area contributed by atoms with E-state index in [1.807, 2.05) is 0 Å². The molecular weight excluding hydrogens is 372 g/mol. The summed E-state index contributed by atoms with van der Waals surface area (Å²) in [6, 6.07) is 0. The van der Waals surface area contributed by atoms with Crippen molar-refractivity contribution in [1.82, 2.24) is 19.6 Å². The molecule has 1 aromatic heterocycles. The van der Waals surface area contributed by atoms with Crippen molar-refractivity contribution in [2.75, 3.05) is 32.7 Å². The highest BCUT2D eigenvalue weighted by atomic mass is 16.2. The zero-order chi connectivity index (χ0) is 20.8. The minimum Gasteiger partial charge on any atom is -0.337 e. The Bertz CT molecular complexity index is 686. The highest BCUT2D eigenvalue weighted by Gasteiger charge is 2.31. The predicted molar refractivity (Wildman–Crippen MR) is 122 cm³/mol. The van der Waals surface area contributed by atoms with Gasteiger partial charge in [-0.05, 0) is 89.8 Å². The van der Waals surface area contributed by atoms with Gasteiger partial charge in [0.25, 0.3) is 5.91 Å². The predicted octanol–water partition coefficient (Wildman–Crippen LogP) is 4.68. The van der Waals surface area contributed by atoms with Gasteiger partial charge in [-0.25, -0.2) is 0 Å². The molecule has 1 atom stereocenters. The molecule has 0 aromatic carbocycles. The minimum atomic E-state index is 0.201. The number of aromatic nitrogens is 2. The summed E-state index contributed by atoms with van der Waals surface area (Å²) in [5.41, 5.74) is 3.45. The molecule has 2 fully saturated rings. The second-order valence-corrected chi connectivity index (χ2v) is 9.86. The topological polar surface area (TPSA) is 41.4 Å². The van der Waals surface area contributed by atoms with Crippen molar-refractivity contribution in [3.8, 4) is 0 Å². The van der Waals surface area contributed by atoms with Gasteiger partial charge < -0.3 is 9.80 Å². The summed E-state index contributed by atoms with van der Waals surface area (Å²) in [6.07, 6.45) is 16.2. The van der Waals surface area contributed by atoms with Gasteiger partial charge >= 0.3 is 0 Å². The molecule has 1 amide bonds. The average Bonchev–Trinajstić information content (AvgIpc) is 3.15. The first-order valence-electron chi connectivity index (χ1n) is 12.9. The Labute approximate surface area is 183 Å². The number of rotatable bonds is 8. The van der Waals surface area contributed by atoms with Gasteiger partial charge in [0.05, 0.1) is 0 Å². The molecule has 3 aliphatic rings. The zero-order valence-corrected chi connectivity index (χ0v) is 19.2. The largest absolute Gasteiger partial charge is 0.337 e. The van der Waals surface area contributed by atoms with Crippen molar-refractivity contribution < 1.29 is 4.79 Å². The fraction of sp³-hybridized carbons (Fsp3) is 0.840. The maximum absolute atomic E-state index is 13.3. The van der Waals surface area contributed by atoms with Crippen LogP contribution in [0, 0.1) is 5.92 Å². The number of piperidine rings is 2. The molecule has 2 aliphatic heterocycles. The Balaban J connectivity index is 1.36. The molecule has 4 rings (SSSR count). The molecule has 0 radical (unpaired) electrons. The standard InChI is InChI=1S/C25H42N4O/c1-2-14-29-23-13-12-21(11-5-10-17-27-15-6-3-7-16-27)20-22(23)24(26-29)25(30)28-18-8-4-9-19-28/h21H,2-20H2,1H3. The maximum atomic E-state index is 13.3. The summed E-state index contributed by atoms with van der Waals surface area (Å²) in [5, 5.41) is 4.87. The van der Waals surface area contributed by atoms with E-state index in [0.29, 0.717) is 0 Å². The molecule has 5 heteroatoms. The maximum Gasteiger partial charge on any atom is 0.274 e. The van der Waals surface area contributed by atoms with Gasteiger partial charge in [0.15, 0.2) is 5.69 Å². The Hall–Kier alpha value is -1.36. The Kier molecular flexibility index (Phi) is 7.86. The quantitative estimate of drug-likeness (QED) is 0.580. The summed E-state index contributed by atoms with van der Waals surface area (Å²) in [4.78, 5) is 18.0. The van der Waals surface area contributed by atoms with E-state index in [9.17, 15) is 4.79 Å². The van der Waals surface area contributed by atoms with Crippen LogP contribution in [0.25, 0.3) is 0 Å². The van der Waals surface area contributed by atoms with E-state index in [0.717, 1.165) is 63.4 Å². The van der Waals surface area contributed by atoms with Crippen LogP contribution in [0.4, 0.5) is 0 Å². The highest BCUT2D eigenvalue weighted by Crippen LogP contribution is 2.32. The van der Waals surface area contributed by atoms with E-state index < -0.39 is 0 Å². The second kappa shape index (κ2) is 10.8. The molecule has 0 saturated carbocycles. The molecule has 1 aromatic rings. The average molecular weight is 415 g/mol. The number of hydrogen-bond donors (Lipinski definition) is 0.